The summed E-state index contributed by atoms with van der Waals surface area (Å²) in [5.41, 5.74) is 2.44. The highest BCUT2D eigenvalue weighted by Gasteiger charge is 2.33. The van der Waals surface area contributed by atoms with E-state index in [9.17, 15) is 9.59 Å². The van der Waals surface area contributed by atoms with Crippen LogP contribution in [0, 0.1) is 0 Å². The van der Waals surface area contributed by atoms with Crippen LogP contribution in [0.2, 0.25) is 0 Å². The van der Waals surface area contributed by atoms with Crippen LogP contribution in [-0.4, -0.2) is 47.4 Å². The first kappa shape index (κ1) is 23.3. The van der Waals surface area contributed by atoms with Gasteiger partial charge in [-0.3, -0.25) is 9.59 Å². The van der Waals surface area contributed by atoms with Gasteiger partial charge in [0.05, 0.1) is 12.6 Å². The molecule has 1 aliphatic rings. The van der Waals surface area contributed by atoms with Crippen LogP contribution in [0.15, 0.2) is 35.7 Å². The van der Waals surface area contributed by atoms with Gasteiger partial charge in [-0.15, -0.1) is 11.3 Å². The Morgan fingerprint density at radius 1 is 1.19 bits per heavy atom. The average molecular weight is 443 g/mol. The van der Waals surface area contributed by atoms with Crippen molar-refractivity contribution in [2.24, 2.45) is 0 Å². The maximum atomic E-state index is 13.3. The summed E-state index contributed by atoms with van der Waals surface area (Å²) >= 11 is 1.74. The molecule has 0 saturated carbocycles. The van der Waals surface area contributed by atoms with Crippen LogP contribution >= 0.6 is 11.3 Å². The van der Waals surface area contributed by atoms with Crippen molar-refractivity contribution in [3.63, 3.8) is 0 Å². The van der Waals surface area contributed by atoms with E-state index in [-0.39, 0.29) is 30.4 Å². The topological polar surface area (TPSA) is 49.9 Å². The van der Waals surface area contributed by atoms with Crippen LogP contribution in [0.1, 0.15) is 69.0 Å². The molecule has 0 N–H and O–H groups in total. The van der Waals surface area contributed by atoms with E-state index in [4.69, 9.17) is 4.74 Å². The molecule has 0 radical (unpaired) electrons. The van der Waals surface area contributed by atoms with Crippen molar-refractivity contribution in [1.29, 1.82) is 0 Å². The Balaban J connectivity index is 1.76. The molecule has 0 aliphatic carbocycles. The zero-order valence-electron chi connectivity index (χ0n) is 19.3. The first-order chi connectivity index (χ1) is 14.8. The van der Waals surface area contributed by atoms with Gasteiger partial charge in [0, 0.05) is 24.4 Å². The Hall–Kier alpha value is -2.34. The van der Waals surface area contributed by atoms with Crippen LogP contribution in [0.3, 0.4) is 0 Å². The van der Waals surface area contributed by atoms with Crippen molar-refractivity contribution in [3.8, 4) is 5.75 Å². The van der Waals surface area contributed by atoms with E-state index in [2.05, 4.69) is 37.4 Å². The summed E-state index contributed by atoms with van der Waals surface area (Å²) in [6, 6.07) is 10.2. The molecule has 0 saturated heterocycles. The molecule has 1 aromatic heterocycles. The highest BCUT2D eigenvalue weighted by molar-refractivity contribution is 7.10. The normalized spacial score (nSPS) is 16.7. The number of nitrogens with zero attached hydrogens (tertiary/aromatic N) is 2. The maximum Gasteiger partial charge on any atom is 0.242 e. The minimum atomic E-state index is -0.141. The maximum absolute atomic E-state index is 13.3. The van der Waals surface area contributed by atoms with Crippen molar-refractivity contribution >= 4 is 23.2 Å². The molecule has 0 fully saturated rings. The minimum absolute atomic E-state index is 0.0175. The van der Waals surface area contributed by atoms with Crippen molar-refractivity contribution in [2.75, 3.05) is 19.7 Å². The van der Waals surface area contributed by atoms with Crippen LogP contribution in [-0.2, 0) is 16.0 Å². The van der Waals surface area contributed by atoms with E-state index < -0.39 is 0 Å². The summed E-state index contributed by atoms with van der Waals surface area (Å²) in [7, 11) is 0. The number of hydrogen-bond donors (Lipinski definition) is 0. The van der Waals surface area contributed by atoms with Crippen molar-refractivity contribution in [2.45, 2.75) is 65.5 Å². The fourth-order valence-corrected chi connectivity index (χ4v) is 4.96. The zero-order valence-corrected chi connectivity index (χ0v) is 20.1. The largest absolute Gasteiger partial charge is 0.491 e. The number of fused-ring (bicyclic) bond motifs is 1. The van der Waals surface area contributed by atoms with Crippen molar-refractivity contribution < 1.29 is 14.3 Å². The molecule has 1 aromatic carbocycles. The van der Waals surface area contributed by atoms with Crippen molar-refractivity contribution in [3.05, 3.63) is 51.7 Å². The molecule has 1 aliphatic heterocycles. The zero-order chi connectivity index (χ0) is 22.5. The molecular weight excluding hydrogens is 408 g/mol. The van der Waals surface area contributed by atoms with E-state index in [0.717, 1.165) is 18.6 Å². The molecule has 2 aromatic rings. The van der Waals surface area contributed by atoms with Gasteiger partial charge in [0.25, 0.3) is 0 Å². The highest BCUT2D eigenvalue weighted by atomic mass is 32.1. The van der Waals surface area contributed by atoms with E-state index >= 15 is 0 Å². The third kappa shape index (κ3) is 5.48. The predicted octanol–water partition coefficient (Wildman–Crippen LogP) is 5.02. The Bertz CT molecular complexity index is 890. The molecule has 0 bridgehead atoms. The molecule has 2 heterocycles. The lowest BCUT2D eigenvalue weighted by atomic mass is 10.00. The third-order valence-electron chi connectivity index (χ3n) is 6.20. The molecule has 5 nitrogen and oxygen atoms in total. The van der Waals surface area contributed by atoms with Gasteiger partial charge in [0.15, 0.2) is 0 Å². The molecule has 2 atom stereocenters. The fourth-order valence-electron chi connectivity index (χ4n) is 4.03. The molecule has 3 rings (SSSR count). The number of benzene rings is 1. The van der Waals surface area contributed by atoms with Gasteiger partial charge in [-0.1, -0.05) is 32.9 Å². The lowest BCUT2D eigenvalue weighted by Gasteiger charge is -2.37. The summed E-state index contributed by atoms with van der Waals surface area (Å²) in [4.78, 5) is 30.3. The second-order valence-corrected chi connectivity index (χ2v) is 9.59. The van der Waals surface area contributed by atoms with Crippen molar-refractivity contribution in [1.82, 2.24) is 9.80 Å². The molecule has 2 amide bonds. The summed E-state index contributed by atoms with van der Waals surface area (Å²) in [6.07, 6.45) is 1.67. The molecule has 168 valence electrons. The lowest BCUT2D eigenvalue weighted by molar-refractivity contribution is -0.143. The summed E-state index contributed by atoms with van der Waals surface area (Å²) in [5.74, 6) is 1.21. The number of ether oxygens (including phenoxy) is 1. The van der Waals surface area contributed by atoms with Gasteiger partial charge in [0.2, 0.25) is 11.8 Å². The molecule has 0 unspecified atom stereocenters. The smallest absolute Gasteiger partial charge is 0.242 e. The van der Waals surface area contributed by atoms with E-state index in [1.54, 1.807) is 16.2 Å². The van der Waals surface area contributed by atoms with Gasteiger partial charge in [0.1, 0.15) is 12.4 Å². The molecular formula is C25H34N2O3S. The average Bonchev–Trinajstić information content (AvgIpc) is 3.24. The monoisotopic (exact) mass is 442 g/mol. The number of hydrogen-bond acceptors (Lipinski definition) is 4. The van der Waals surface area contributed by atoms with Crippen LogP contribution in [0.5, 0.6) is 5.75 Å². The Morgan fingerprint density at radius 2 is 1.90 bits per heavy atom. The number of rotatable bonds is 8. The molecule has 6 heteroatoms. The van der Waals surface area contributed by atoms with Crippen LogP contribution in [0.25, 0.3) is 0 Å². The van der Waals surface area contributed by atoms with Gasteiger partial charge < -0.3 is 14.5 Å². The fraction of sp³-hybridized carbons (Fsp3) is 0.520. The third-order valence-corrected chi connectivity index (χ3v) is 7.20. The quantitative estimate of drug-likeness (QED) is 0.577. The Kier molecular flexibility index (Phi) is 7.76. The first-order valence-corrected chi connectivity index (χ1v) is 12.1. The van der Waals surface area contributed by atoms with Crippen LogP contribution in [0.4, 0.5) is 0 Å². The molecule has 31 heavy (non-hydrogen) atoms. The van der Waals surface area contributed by atoms with Gasteiger partial charge >= 0.3 is 0 Å². The van der Waals surface area contributed by atoms with Crippen LogP contribution < -0.4 is 4.74 Å². The number of carbonyl (C=O) groups is 2. The van der Waals surface area contributed by atoms with E-state index in [1.165, 1.54) is 22.9 Å². The SMILES string of the molecule is CC[C@H](C)N(CC(=O)N1CCc2sccc2[C@H]1COc1ccc(C(C)C)cc1)C(C)=O. The summed E-state index contributed by atoms with van der Waals surface area (Å²) < 4.78 is 6.14. The van der Waals surface area contributed by atoms with Gasteiger partial charge in [-0.05, 0) is 60.4 Å². The standard InChI is InChI=1S/C25H34N2O3S/c1-6-18(4)27(19(5)28)15-25(29)26-13-11-24-22(12-14-31-24)23(26)16-30-21-9-7-20(8-10-21)17(2)3/h7-10,12,14,17-18,23H,6,11,13,15-16H2,1-5H3/t18-,23+/m0/s1. The van der Waals surface area contributed by atoms with Gasteiger partial charge in [-0.25, -0.2) is 0 Å². The van der Waals surface area contributed by atoms with E-state index in [1.807, 2.05) is 30.9 Å². The van der Waals surface area contributed by atoms with E-state index in [0.29, 0.717) is 19.1 Å². The second-order valence-electron chi connectivity index (χ2n) is 8.59. The molecule has 0 spiro atoms. The number of thiophene rings is 1. The number of carbonyl (C=O) groups excluding carboxylic acids is 2. The highest BCUT2D eigenvalue weighted by Crippen LogP contribution is 2.34. The van der Waals surface area contributed by atoms with Gasteiger partial charge in [-0.2, -0.15) is 0 Å². The summed E-state index contributed by atoms with van der Waals surface area (Å²) in [5, 5.41) is 2.09. The Morgan fingerprint density at radius 3 is 2.52 bits per heavy atom. The summed E-state index contributed by atoms with van der Waals surface area (Å²) in [6.45, 7) is 11.1. The second kappa shape index (κ2) is 10.3. The first-order valence-electron chi connectivity index (χ1n) is 11.2. The minimum Gasteiger partial charge on any atom is -0.491 e. The lowest BCUT2D eigenvalue weighted by Crippen LogP contribution is -2.49. The predicted molar refractivity (Wildman–Crippen MR) is 126 cm³/mol. The number of amides is 2. The Labute approximate surface area is 190 Å².